The van der Waals surface area contributed by atoms with Gasteiger partial charge in [0.05, 0.1) is 6.04 Å². The van der Waals surface area contributed by atoms with Crippen LogP contribution in [-0.2, 0) is 4.79 Å². The van der Waals surface area contributed by atoms with Gasteiger partial charge in [-0.1, -0.05) is 6.92 Å². The summed E-state index contributed by atoms with van der Waals surface area (Å²) in [4.78, 5) is 35.8. The molecule has 0 saturated carbocycles. The molecule has 2 aromatic rings. The third-order valence-electron chi connectivity index (χ3n) is 4.22. The highest BCUT2D eigenvalue weighted by Crippen LogP contribution is 2.15. The zero-order chi connectivity index (χ0) is 16.9. The van der Waals surface area contributed by atoms with Crippen LogP contribution in [0.5, 0.6) is 0 Å². The van der Waals surface area contributed by atoms with Crippen LogP contribution >= 0.6 is 11.3 Å². The van der Waals surface area contributed by atoms with Gasteiger partial charge in [0.15, 0.2) is 5.13 Å². The largest absolute Gasteiger partial charge is 0.357 e. The number of carbonyl (C=O) groups excluding carboxylic acids is 2. The molecule has 0 unspecified atom stereocenters. The molecule has 0 radical (unpaired) electrons. The molecule has 1 aliphatic heterocycles. The number of nitrogens with one attached hydrogen (secondary N) is 2. The number of aromatic amines is 1. The van der Waals surface area contributed by atoms with Crippen LogP contribution in [0.1, 0.15) is 23.8 Å². The van der Waals surface area contributed by atoms with Crippen LogP contribution in [0.4, 0.5) is 5.13 Å². The van der Waals surface area contributed by atoms with Crippen molar-refractivity contribution < 1.29 is 9.59 Å². The second-order valence-corrected chi connectivity index (χ2v) is 6.56. The second-order valence-electron chi connectivity index (χ2n) is 5.66. The average molecular weight is 347 g/mol. The molecule has 3 rings (SSSR count). The molecule has 1 saturated heterocycles. The van der Waals surface area contributed by atoms with Gasteiger partial charge in [0, 0.05) is 44.0 Å². The Balaban J connectivity index is 1.56. The number of amides is 2. The second kappa shape index (κ2) is 7.59. The number of carbonyl (C=O) groups is 2. The van der Waals surface area contributed by atoms with Crippen LogP contribution in [0.3, 0.4) is 0 Å². The minimum Gasteiger partial charge on any atom is -0.357 e. The minimum absolute atomic E-state index is 0.0138. The fourth-order valence-electron chi connectivity index (χ4n) is 2.95. The molecule has 0 bridgehead atoms. The first-order valence-corrected chi connectivity index (χ1v) is 8.94. The molecule has 2 amide bonds. The summed E-state index contributed by atoms with van der Waals surface area (Å²) in [5, 5.41) is 5.33. The summed E-state index contributed by atoms with van der Waals surface area (Å²) in [7, 11) is 0. The Morgan fingerprint density at radius 1 is 1.38 bits per heavy atom. The van der Waals surface area contributed by atoms with Crippen molar-refractivity contribution in [1.82, 2.24) is 19.8 Å². The number of nitrogens with zero attached hydrogens (tertiary/aromatic N) is 3. The highest BCUT2D eigenvalue weighted by atomic mass is 32.1. The maximum atomic E-state index is 12.5. The van der Waals surface area contributed by atoms with E-state index in [-0.39, 0.29) is 17.9 Å². The topological polar surface area (TPSA) is 81.3 Å². The number of hydrogen-bond donors (Lipinski definition) is 2. The SMILES string of the molecule is CC[C@H](C(=O)Nc1nccs1)N1CCN(C(=O)c2ccc[nH]2)CC1. The van der Waals surface area contributed by atoms with Gasteiger partial charge in [-0.05, 0) is 18.6 Å². The van der Waals surface area contributed by atoms with Gasteiger partial charge in [0.2, 0.25) is 5.91 Å². The number of aromatic nitrogens is 2. The van der Waals surface area contributed by atoms with Gasteiger partial charge in [-0.15, -0.1) is 11.3 Å². The van der Waals surface area contributed by atoms with Crippen molar-refractivity contribution >= 4 is 28.3 Å². The van der Waals surface area contributed by atoms with E-state index in [1.54, 1.807) is 18.5 Å². The number of anilines is 1. The molecule has 7 nitrogen and oxygen atoms in total. The number of H-pyrrole nitrogens is 1. The summed E-state index contributed by atoms with van der Waals surface area (Å²) < 4.78 is 0. The number of thiazole rings is 1. The smallest absolute Gasteiger partial charge is 0.270 e. The van der Waals surface area contributed by atoms with E-state index in [9.17, 15) is 9.59 Å². The first-order valence-electron chi connectivity index (χ1n) is 8.06. The molecule has 0 spiro atoms. The molecule has 3 heterocycles. The summed E-state index contributed by atoms with van der Waals surface area (Å²) in [6.07, 6.45) is 4.15. The first-order chi connectivity index (χ1) is 11.7. The van der Waals surface area contributed by atoms with Crippen molar-refractivity contribution in [1.29, 1.82) is 0 Å². The quantitative estimate of drug-likeness (QED) is 0.862. The predicted octanol–water partition coefficient (Wildman–Crippen LogP) is 1.65. The molecule has 8 heteroatoms. The summed E-state index contributed by atoms with van der Waals surface area (Å²) in [6, 6.07) is 3.40. The molecule has 1 aliphatic rings. The standard InChI is InChI=1S/C16H21N5O2S/c1-2-13(14(22)19-16-18-6-11-24-16)20-7-9-21(10-8-20)15(23)12-4-3-5-17-12/h3-6,11,13,17H,2,7-10H2,1H3,(H,18,19,22)/t13-/m1/s1. The highest BCUT2D eigenvalue weighted by Gasteiger charge is 2.30. The van der Waals surface area contributed by atoms with Gasteiger partial charge in [0.1, 0.15) is 5.69 Å². The van der Waals surface area contributed by atoms with Crippen molar-refractivity contribution in [3.05, 3.63) is 35.6 Å². The van der Waals surface area contributed by atoms with E-state index >= 15 is 0 Å². The Morgan fingerprint density at radius 2 is 2.17 bits per heavy atom. The maximum absolute atomic E-state index is 12.5. The fraction of sp³-hybridized carbons (Fsp3) is 0.438. The lowest BCUT2D eigenvalue weighted by molar-refractivity contribution is -0.122. The molecular formula is C16H21N5O2S. The van der Waals surface area contributed by atoms with E-state index in [0.717, 1.165) is 6.42 Å². The molecule has 1 fully saturated rings. The first kappa shape index (κ1) is 16.7. The van der Waals surface area contributed by atoms with Gasteiger partial charge in [-0.25, -0.2) is 4.98 Å². The van der Waals surface area contributed by atoms with Crippen LogP contribution in [-0.4, -0.2) is 63.8 Å². The third kappa shape index (κ3) is 3.65. The van der Waals surface area contributed by atoms with Gasteiger partial charge in [0.25, 0.3) is 5.91 Å². The van der Waals surface area contributed by atoms with E-state index in [1.165, 1.54) is 11.3 Å². The van der Waals surface area contributed by atoms with E-state index < -0.39 is 0 Å². The highest BCUT2D eigenvalue weighted by molar-refractivity contribution is 7.13. The normalized spacial score (nSPS) is 16.8. The average Bonchev–Trinajstić information content (AvgIpc) is 3.29. The van der Waals surface area contributed by atoms with Gasteiger partial charge < -0.3 is 15.2 Å². The lowest BCUT2D eigenvalue weighted by Crippen LogP contribution is -2.54. The molecule has 128 valence electrons. The fourth-order valence-corrected chi connectivity index (χ4v) is 3.49. The summed E-state index contributed by atoms with van der Waals surface area (Å²) >= 11 is 1.41. The van der Waals surface area contributed by atoms with E-state index in [2.05, 4.69) is 20.2 Å². The Morgan fingerprint density at radius 3 is 2.75 bits per heavy atom. The number of rotatable bonds is 5. The molecule has 0 aliphatic carbocycles. The molecule has 2 N–H and O–H groups in total. The zero-order valence-corrected chi connectivity index (χ0v) is 14.4. The van der Waals surface area contributed by atoms with Crippen LogP contribution in [0.2, 0.25) is 0 Å². The predicted molar refractivity (Wildman–Crippen MR) is 93.1 cm³/mol. The van der Waals surface area contributed by atoms with Crippen molar-refractivity contribution in [3.8, 4) is 0 Å². The van der Waals surface area contributed by atoms with E-state index in [1.807, 2.05) is 23.3 Å². The van der Waals surface area contributed by atoms with Crippen LogP contribution in [0.25, 0.3) is 0 Å². The maximum Gasteiger partial charge on any atom is 0.270 e. The van der Waals surface area contributed by atoms with Gasteiger partial charge >= 0.3 is 0 Å². The summed E-state index contributed by atoms with van der Waals surface area (Å²) in [6.45, 7) is 4.63. The Kier molecular flexibility index (Phi) is 5.27. The summed E-state index contributed by atoms with van der Waals surface area (Å²) in [5.74, 6) is -0.0171. The van der Waals surface area contributed by atoms with Crippen LogP contribution in [0.15, 0.2) is 29.9 Å². The van der Waals surface area contributed by atoms with Crippen LogP contribution in [0, 0.1) is 0 Å². The van der Waals surface area contributed by atoms with Crippen molar-refractivity contribution in [2.24, 2.45) is 0 Å². The number of hydrogen-bond acceptors (Lipinski definition) is 5. The van der Waals surface area contributed by atoms with Crippen LogP contribution < -0.4 is 5.32 Å². The molecule has 0 aromatic carbocycles. The van der Waals surface area contributed by atoms with Gasteiger partial charge in [-0.2, -0.15) is 0 Å². The monoisotopic (exact) mass is 347 g/mol. The van der Waals surface area contributed by atoms with Crippen molar-refractivity contribution in [2.45, 2.75) is 19.4 Å². The molecule has 24 heavy (non-hydrogen) atoms. The summed E-state index contributed by atoms with van der Waals surface area (Å²) in [5.41, 5.74) is 0.608. The van der Waals surface area contributed by atoms with E-state index in [4.69, 9.17) is 0 Å². The van der Waals surface area contributed by atoms with E-state index in [0.29, 0.717) is 37.0 Å². The molecular weight excluding hydrogens is 326 g/mol. The Bertz CT molecular complexity index is 663. The van der Waals surface area contributed by atoms with Gasteiger partial charge in [-0.3, -0.25) is 14.5 Å². The third-order valence-corrected chi connectivity index (χ3v) is 4.91. The van der Waals surface area contributed by atoms with Crippen molar-refractivity contribution in [2.75, 3.05) is 31.5 Å². The number of piperazine rings is 1. The molecule has 2 aromatic heterocycles. The molecule has 1 atom stereocenters. The Hall–Kier alpha value is -2.19. The minimum atomic E-state index is -0.198. The lowest BCUT2D eigenvalue weighted by atomic mass is 10.1. The lowest BCUT2D eigenvalue weighted by Gasteiger charge is -2.38. The zero-order valence-electron chi connectivity index (χ0n) is 13.6. The Labute approximate surface area is 144 Å². The van der Waals surface area contributed by atoms with Crippen molar-refractivity contribution in [3.63, 3.8) is 0 Å².